The topological polar surface area (TPSA) is 116 Å². The molecule has 0 unspecified atom stereocenters. The van der Waals surface area contributed by atoms with Gasteiger partial charge in [0.15, 0.2) is 0 Å². The van der Waals surface area contributed by atoms with Crippen LogP contribution in [0.1, 0.15) is 14.3 Å². The Morgan fingerprint density at radius 3 is 2.55 bits per heavy atom. The van der Waals surface area contributed by atoms with Gasteiger partial charge < -0.3 is 17.2 Å². The van der Waals surface area contributed by atoms with E-state index in [0.717, 1.165) is 32.3 Å². The second-order valence-electron chi connectivity index (χ2n) is 9.14. The van der Waals surface area contributed by atoms with Crippen molar-refractivity contribution in [2.24, 2.45) is 0 Å². The molecule has 3 N–H and O–H groups in total. The SMILES string of the molecule is O=C(CSc1ccc2ccccc2c1)N[C@@H]1C(=O)N2C(C(=O)O)=C(C(CC(F)(F)F)=C3CCNC3=O)CS[C@H]12.[H-].[Na+]. The van der Waals surface area contributed by atoms with Gasteiger partial charge in [-0.25, -0.2) is 4.79 Å². The number of amides is 3. The van der Waals surface area contributed by atoms with Gasteiger partial charge in [-0.3, -0.25) is 19.3 Å². The zero-order valence-corrected chi connectivity index (χ0v) is 24.8. The van der Waals surface area contributed by atoms with Crippen molar-refractivity contribution in [2.75, 3.05) is 18.1 Å². The summed E-state index contributed by atoms with van der Waals surface area (Å²) in [5.41, 5.74) is -1.30. The molecule has 3 heterocycles. The van der Waals surface area contributed by atoms with E-state index in [1.165, 1.54) is 11.8 Å². The zero-order valence-electron chi connectivity index (χ0n) is 22.2. The summed E-state index contributed by atoms with van der Waals surface area (Å²) in [6, 6.07) is 12.5. The third-order valence-electron chi connectivity index (χ3n) is 6.62. The van der Waals surface area contributed by atoms with E-state index in [4.69, 9.17) is 0 Å². The fourth-order valence-corrected chi connectivity index (χ4v) is 7.02. The molecular formula is C26H23F3N3NaO5S2. The Bertz CT molecular complexity index is 1470. The number of alkyl halides is 3. The number of nitrogens with zero attached hydrogens (tertiary/aromatic N) is 1. The largest absolute Gasteiger partial charge is 1.00 e. The maximum atomic E-state index is 13.4. The van der Waals surface area contributed by atoms with E-state index in [2.05, 4.69) is 10.6 Å². The molecule has 0 saturated carbocycles. The van der Waals surface area contributed by atoms with Crippen LogP contribution in [0.25, 0.3) is 10.8 Å². The molecule has 2 atom stereocenters. The fraction of sp³-hybridized carbons (Fsp3) is 0.308. The summed E-state index contributed by atoms with van der Waals surface area (Å²) in [6.07, 6.45) is -6.15. The van der Waals surface area contributed by atoms with E-state index in [1.54, 1.807) is 0 Å². The van der Waals surface area contributed by atoms with Gasteiger partial charge in [-0.2, -0.15) is 13.2 Å². The van der Waals surface area contributed by atoms with Crippen LogP contribution in [0.15, 0.2) is 69.8 Å². The van der Waals surface area contributed by atoms with E-state index in [1.807, 2.05) is 42.5 Å². The summed E-state index contributed by atoms with van der Waals surface area (Å²) in [4.78, 5) is 51.8. The van der Waals surface area contributed by atoms with Gasteiger partial charge in [-0.1, -0.05) is 30.3 Å². The summed E-state index contributed by atoms with van der Waals surface area (Å²) in [5, 5.41) is 16.3. The number of rotatable bonds is 7. The van der Waals surface area contributed by atoms with Crippen LogP contribution in [-0.2, 0) is 19.2 Å². The fourth-order valence-electron chi connectivity index (χ4n) is 4.88. The van der Waals surface area contributed by atoms with Gasteiger partial charge in [-0.05, 0) is 40.5 Å². The van der Waals surface area contributed by atoms with Crippen LogP contribution in [0, 0.1) is 0 Å². The first-order valence-corrected chi connectivity index (χ1v) is 14.0. The molecule has 0 radical (unpaired) electrons. The Hall–Kier alpha value is -2.45. The molecule has 0 aliphatic carbocycles. The number of β-lactam (4-membered cyclic amide) rings is 1. The Kier molecular flexibility index (Phi) is 9.30. The van der Waals surface area contributed by atoms with Crippen molar-refractivity contribution in [2.45, 2.75) is 35.3 Å². The molecule has 0 bridgehead atoms. The number of carboxylic acids is 1. The molecule has 14 heteroatoms. The number of hydrogen-bond donors (Lipinski definition) is 3. The Balaban J connectivity index is 0.00000231. The number of carbonyl (C=O) groups is 4. The van der Waals surface area contributed by atoms with E-state index < -0.39 is 59.0 Å². The molecule has 206 valence electrons. The summed E-state index contributed by atoms with van der Waals surface area (Å²) in [7, 11) is 0. The molecule has 0 aromatic heterocycles. The van der Waals surface area contributed by atoms with Gasteiger partial charge in [0.05, 0.1) is 12.2 Å². The third-order valence-corrected chi connectivity index (χ3v) is 8.89. The molecule has 2 fully saturated rings. The number of carbonyl (C=O) groups excluding carboxylic acids is 3. The Labute approximate surface area is 258 Å². The van der Waals surface area contributed by atoms with Crippen LogP contribution in [0.2, 0.25) is 0 Å². The van der Waals surface area contributed by atoms with Crippen LogP contribution < -0.4 is 40.2 Å². The van der Waals surface area contributed by atoms with Crippen LogP contribution >= 0.6 is 23.5 Å². The van der Waals surface area contributed by atoms with Gasteiger partial charge in [-0.15, -0.1) is 23.5 Å². The standard InChI is InChI=1S/C26H22F3N3O5S2.Na.H/c27-26(28,29)10-17(16-7-8-30-22(16)34)18-11-39-24-20(23(35)32(24)21(18)25(36)37)31-19(33)12-38-15-6-5-13-3-1-2-4-14(13)9-15;;/h1-6,9,20,24H,7-8,10-12H2,(H,30,34)(H,31,33)(H,36,37);;/q;+1;-1/t20-,24-;;/m1../s1. The average Bonchev–Trinajstić information content (AvgIpc) is 3.33. The molecule has 3 amide bonds. The minimum Gasteiger partial charge on any atom is -1.00 e. The maximum absolute atomic E-state index is 13.4. The number of thioether (sulfide) groups is 2. The summed E-state index contributed by atoms with van der Waals surface area (Å²) in [6.45, 7) is 0.148. The number of carboxylic acid groups (broad SMARTS) is 1. The van der Waals surface area contributed by atoms with E-state index in [0.29, 0.717) is 0 Å². The van der Waals surface area contributed by atoms with Gasteiger partial charge in [0.2, 0.25) is 11.8 Å². The van der Waals surface area contributed by atoms with Gasteiger partial charge in [0.1, 0.15) is 17.1 Å². The number of hydrogen-bond acceptors (Lipinski definition) is 6. The van der Waals surface area contributed by atoms with Crippen LogP contribution in [0.4, 0.5) is 13.2 Å². The van der Waals surface area contributed by atoms with E-state index >= 15 is 0 Å². The molecule has 2 saturated heterocycles. The predicted octanol–water partition coefficient (Wildman–Crippen LogP) is 0.556. The Morgan fingerprint density at radius 1 is 1.18 bits per heavy atom. The first-order valence-electron chi connectivity index (χ1n) is 11.9. The summed E-state index contributed by atoms with van der Waals surface area (Å²) < 4.78 is 40.3. The number of allylic oxidation sites excluding steroid dienone is 1. The molecule has 3 aliphatic heterocycles. The van der Waals surface area contributed by atoms with Crippen molar-refractivity contribution in [3.05, 3.63) is 64.9 Å². The number of nitrogens with one attached hydrogen (secondary N) is 2. The smallest absolute Gasteiger partial charge is 1.00 e. The number of aliphatic carboxylic acids is 1. The van der Waals surface area contributed by atoms with Crippen molar-refractivity contribution >= 4 is 58.0 Å². The molecule has 8 nitrogen and oxygen atoms in total. The third kappa shape index (κ3) is 6.23. The van der Waals surface area contributed by atoms with Crippen LogP contribution in [-0.4, -0.2) is 69.3 Å². The zero-order chi connectivity index (χ0) is 27.9. The molecular weight excluding hydrogens is 578 g/mol. The van der Waals surface area contributed by atoms with Gasteiger partial charge >= 0.3 is 41.7 Å². The summed E-state index contributed by atoms with van der Waals surface area (Å²) in [5.74, 6) is -3.54. The second-order valence-corrected chi connectivity index (χ2v) is 11.3. The van der Waals surface area contributed by atoms with Gasteiger partial charge in [0.25, 0.3) is 5.91 Å². The molecule has 2 aromatic rings. The van der Waals surface area contributed by atoms with Crippen LogP contribution in [0.5, 0.6) is 0 Å². The number of benzene rings is 2. The van der Waals surface area contributed by atoms with Gasteiger partial charge in [0, 0.05) is 22.8 Å². The average molecular weight is 602 g/mol. The van der Waals surface area contributed by atoms with E-state index in [-0.39, 0.29) is 66.6 Å². The maximum Gasteiger partial charge on any atom is 1.00 e. The molecule has 0 spiro atoms. The minimum atomic E-state index is -4.69. The molecule has 2 aromatic carbocycles. The number of fused-ring (bicyclic) bond motifs is 2. The quantitative estimate of drug-likeness (QED) is 0.184. The van der Waals surface area contributed by atoms with Crippen molar-refractivity contribution in [1.82, 2.24) is 15.5 Å². The van der Waals surface area contributed by atoms with Crippen LogP contribution in [0.3, 0.4) is 0 Å². The van der Waals surface area contributed by atoms with Crippen molar-refractivity contribution in [1.29, 1.82) is 0 Å². The Morgan fingerprint density at radius 2 is 1.90 bits per heavy atom. The van der Waals surface area contributed by atoms with E-state index in [9.17, 15) is 37.5 Å². The van der Waals surface area contributed by atoms with Crippen molar-refractivity contribution in [3.8, 4) is 0 Å². The molecule has 3 aliphatic rings. The molecule has 40 heavy (non-hydrogen) atoms. The van der Waals surface area contributed by atoms with Crippen molar-refractivity contribution < 1.29 is 68.4 Å². The number of halogens is 3. The first-order chi connectivity index (χ1) is 18.5. The monoisotopic (exact) mass is 601 g/mol. The molecule has 5 rings (SSSR count). The normalized spacial score (nSPS) is 21.8. The minimum absolute atomic E-state index is 0. The van der Waals surface area contributed by atoms with Crippen molar-refractivity contribution in [3.63, 3.8) is 0 Å². The summed E-state index contributed by atoms with van der Waals surface area (Å²) >= 11 is 2.34. The predicted molar refractivity (Wildman–Crippen MR) is 141 cm³/mol. The first kappa shape index (κ1) is 30.5. The second kappa shape index (κ2) is 12.2.